The number of hydrogen-bond donors (Lipinski definition) is 1. The second-order valence-corrected chi connectivity index (χ2v) is 4.60. The summed E-state index contributed by atoms with van der Waals surface area (Å²) in [6.45, 7) is 1.94. The fourth-order valence-electron chi connectivity index (χ4n) is 2.13. The fraction of sp³-hybridized carbons (Fsp3) is 0.200. The molecule has 0 fully saturated rings. The molecule has 0 atom stereocenters. The van der Waals surface area contributed by atoms with Gasteiger partial charge in [-0.25, -0.2) is 9.50 Å². The first-order chi connectivity index (χ1) is 10.2. The van der Waals surface area contributed by atoms with E-state index in [2.05, 4.69) is 15.4 Å². The molecular weight excluding hydrogens is 268 g/mol. The van der Waals surface area contributed by atoms with Crippen LogP contribution in [0.4, 0.5) is 11.5 Å². The molecule has 3 rings (SSSR count). The highest BCUT2D eigenvalue weighted by Gasteiger charge is 2.06. The third kappa shape index (κ3) is 2.60. The van der Waals surface area contributed by atoms with Crippen molar-refractivity contribution >= 4 is 17.2 Å². The SMILES string of the molecule is COc1ccc(Nc2ccc3nc(C)cn3n2)cc1OC. The average molecular weight is 284 g/mol. The summed E-state index contributed by atoms with van der Waals surface area (Å²) in [5.74, 6) is 2.09. The minimum atomic E-state index is 0.669. The van der Waals surface area contributed by atoms with Crippen molar-refractivity contribution in [2.45, 2.75) is 6.92 Å². The third-order valence-corrected chi connectivity index (χ3v) is 3.10. The maximum absolute atomic E-state index is 5.29. The zero-order chi connectivity index (χ0) is 14.8. The lowest BCUT2D eigenvalue weighted by atomic mass is 10.2. The first-order valence-electron chi connectivity index (χ1n) is 6.51. The van der Waals surface area contributed by atoms with Gasteiger partial charge in [0.1, 0.15) is 0 Å². The van der Waals surface area contributed by atoms with Crippen molar-refractivity contribution in [3.63, 3.8) is 0 Å². The third-order valence-electron chi connectivity index (χ3n) is 3.10. The number of nitrogens with one attached hydrogen (secondary N) is 1. The average Bonchev–Trinajstić information content (AvgIpc) is 2.86. The van der Waals surface area contributed by atoms with Gasteiger partial charge in [0.2, 0.25) is 0 Å². The van der Waals surface area contributed by atoms with E-state index >= 15 is 0 Å². The summed E-state index contributed by atoms with van der Waals surface area (Å²) >= 11 is 0. The molecule has 3 aromatic rings. The van der Waals surface area contributed by atoms with Crippen molar-refractivity contribution in [1.29, 1.82) is 0 Å². The molecule has 0 saturated heterocycles. The Bertz CT molecular complexity index is 782. The highest BCUT2D eigenvalue weighted by Crippen LogP contribution is 2.30. The Balaban J connectivity index is 1.90. The van der Waals surface area contributed by atoms with Crippen LogP contribution in [-0.2, 0) is 0 Å². The van der Waals surface area contributed by atoms with Gasteiger partial charge in [-0.05, 0) is 31.2 Å². The molecule has 0 radical (unpaired) electrons. The Labute approximate surface area is 122 Å². The minimum absolute atomic E-state index is 0.669. The molecule has 0 saturated carbocycles. The lowest BCUT2D eigenvalue weighted by Crippen LogP contribution is -1.99. The maximum atomic E-state index is 5.29. The summed E-state index contributed by atoms with van der Waals surface area (Å²) in [7, 11) is 3.22. The normalized spacial score (nSPS) is 10.6. The summed E-state index contributed by atoms with van der Waals surface area (Å²) in [6, 6.07) is 9.43. The van der Waals surface area contributed by atoms with Gasteiger partial charge >= 0.3 is 0 Å². The Morgan fingerprint density at radius 2 is 1.86 bits per heavy atom. The van der Waals surface area contributed by atoms with E-state index in [0.717, 1.165) is 22.8 Å². The van der Waals surface area contributed by atoms with Crippen LogP contribution in [0.2, 0.25) is 0 Å². The summed E-state index contributed by atoms with van der Waals surface area (Å²) in [5, 5.41) is 7.70. The van der Waals surface area contributed by atoms with Crippen LogP contribution in [0.1, 0.15) is 5.69 Å². The number of rotatable bonds is 4. The van der Waals surface area contributed by atoms with E-state index in [0.29, 0.717) is 11.5 Å². The monoisotopic (exact) mass is 284 g/mol. The summed E-state index contributed by atoms with van der Waals surface area (Å²) in [4.78, 5) is 4.35. The van der Waals surface area contributed by atoms with Gasteiger partial charge in [-0.3, -0.25) is 0 Å². The number of imidazole rings is 1. The predicted molar refractivity (Wildman–Crippen MR) is 80.6 cm³/mol. The second-order valence-electron chi connectivity index (χ2n) is 4.60. The molecule has 0 aliphatic carbocycles. The number of aromatic nitrogens is 3. The highest BCUT2D eigenvalue weighted by atomic mass is 16.5. The van der Waals surface area contributed by atoms with Gasteiger partial charge in [-0.1, -0.05) is 0 Å². The largest absolute Gasteiger partial charge is 0.493 e. The molecule has 0 aliphatic heterocycles. The van der Waals surface area contributed by atoms with Crippen molar-refractivity contribution in [3.8, 4) is 11.5 Å². The molecule has 108 valence electrons. The van der Waals surface area contributed by atoms with Crippen LogP contribution < -0.4 is 14.8 Å². The van der Waals surface area contributed by atoms with Gasteiger partial charge in [0.05, 0.1) is 26.1 Å². The fourth-order valence-corrected chi connectivity index (χ4v) is 2.13. The number of nitrogens with zero attached hydrogens (tertiary/aromatic N) is 3. The van der Waals surface area contributed by atoms with Crippen LogP contribution in [0.25, 0.3) is 5.65 Å². The smallest absolute Gasteiger partial charge is 0.162 e. The van der Waals surface area contributed by atoms with E-state index in [-0.39, 0.29) is 0 Å². The molecule has 0 aliphatic rings. The summed E-state index contributed by atoms with van der Waals surface area (Å²) < 4.78 is 12.3. The highest BCUT2D eigenvalue weighted by molar-refractivity contribution is 5.62. The Hall–Kier alpha value is -2.76. The van der Waals surface area contributed by atoms with E-state index in [1.54, 1.807) is 18.7 Å². The molecule has 1 N–H and O–H groups in total. The molecule has 0 amide bonds. The van der Waals surface area contributed by atoms with Crippen LogP contribution >= 0.6 is 0 Å². The molecule has 6 nitrogen and oxygen atoms in total. The number of aryl methyl sites for hydroxylation is 1. The lowest BCUT2D eigenvalue weighted by Gasteiger charge is -2.10. The van der Waals surface area contributed by atoms with Crippen LogP contribution in [0.15, 0.2) is 36.5 Å². The Kier molecular flexibility index (Phi) is 3.35. The molecule has 0 unspecified atom stereocenters. The molecule has 0 bridgehead atoms. The van der Waals surface area contributed by atoms with Gasteiger partial charge < -0.3 is 14.8 Å². The standard InChI is InChI=1S/C15H16N4O2/c1-10-9-19-15(16-10)7-6-14(18-19)17-11-4-5-12(20-2)13(8-11)21-3/h4-9H,1-3H3,(H,17,18). The van der Waals surface area contributed by atoms with Crippen LogP contribution in [0.3, 0.4) is 0 Å². The van der Waals surface area contributed by atoms with Crippen LogP contribution in [-0.4, -0.2) is 28.8 Å². The summed E-state index contributed by atoms with van der Waals surface area (Å²) in [6.07, 6.45) is 1.88. The van der Waals surface area contributed by atoms with E-state index in [1.807, 2.05) is 43.5 Å². The van der Waals surface area contributed by atoms with Crippen molar-refractivity contribution < 1.29 is 9.47 Å². The van der Waals surface area contributed by atoms with E-state index in [4.69, 9.17) is 9.47 Å². The minimum Gasteiger partial charge on any atom is -0.493 e. The Morgan fingerprint density at radius 1 is 1.05 bits per heavy atom. The van der Waals surface area contributed by atoms with E-state index < -0.39 is 0 Å². The van der Waals surface area contributed by atoms with Crippen molar-refractivity contribution in [2.75, 3.05) is 19.5 Å². The molecular formula is C15H16N4O2. The second kappa shape index (κ2) is 5.32. The molecule has 1 aromatic carbocycles. The van der Waals surface area contributed by atoms with Gasteiger partial charge in [-0.2, -0.15) is 0 Å². The first-order valence-corrected chi connectivity index (χ1v) is 6.51. The molecule has 2 heterocycles. The molecule has 0 spiro atoms. The van der Waals surface area contributed by atoms with Crippen molar-refractivity contribution in [2.24, 2.45) is 0 Å². The van der Waals surface area contributed by atoms with Crippen LogP contribution in [0.5, 0.6) is 11.5 Å². The quantitative estimate of drug-likeness (QED) is 0.798. The maximum Gasteiger partial charge on any atom is 0.162 e. The van der Waals surface area contributed by atoms with Gasteiger partial charge in [0, 0.05) is 11.8 Å². The van der Waals surface area contributed by atoms with Gasteiger partial charge in [-0.15, -0.1) is 5.10 Å². The topological polar surface area (TPSA) is 60.7 Å². The lowest BCUT2D eigenvalue weighted by molar-refractivity contribution is 0.355. The number of hydrogen-bond acceptors (Lipinski definition) is 5. The van der Waals surface area contributed by atoms with E-state index in [1.165, 1.54) is 0 Å². The van der Waals surface area contributed by atoms with E-state index in [9.17, 15) is 0 Å². The van der Waals surface area contributed by atoms with Gasteiger partial charge in [0.25, 0.3) is 0 Å². The molecule has 21 heavy (non-hydrogen) atoms. The van der Waals surface area contributed by atoms with Gasteiger partial charge in [0.15, 0.2) is 23.0 Å². The van der Waals surface area contributed by atoms with Crippen LogP contribution in [0, 0.1) is 6.92 Å². The number of methoxy groups -OCH3 is 2. The molecule has 2 aromatic heterocycles. The number of ether oxygens (including phenoxy) is 2. The van der Waals surface area contributed by atoms with Crippen molar-refractivity contribution in [1.82, 2.24) is 14.6 Å². The molecule has 6 heteroatoms. The van der Waals surface area contributed by atoms with Crippen molar-refractivity contribution in [3.05, 3.63) is 42.2 Å². The summed E-state index contributed by atoms with van der Waals surface area (Å²) in [5.41, 5.74) is 2.63. The number of benzene rings is 1. The number of fused-ring (bicyclic) bond motifs is 1. The first kappa shape index (κ1) is 13.2. The number of anilines is 2. The zero-order valence-electron chi connectivity index (χ0n) is 12.1. The zero-order valence-corrected chi connectivity index (χ0v) is 12.1. The predicted octanol–water partition coefficient (Wildman–Crippen LogP) is 2.80. The Morgan fingerprint density at radius 3 is 2.62 bits per heavy atom.